The summed E-state index contributed by atoms with van der Waals surface area (Å²) < 4.78 is 15.4. The van der Waals surface area contributed by atoms with E-state index in [4.69, 9.17) is 5.11 Å². The minimum absolute atomic E-state index is 0.187. The molecule has 1 aromatic heterocycles. The third-order valence-electron chi connectivity index (χ3n) is 2.94. The Morgan fingerprint density at radius 3 is 2.76 bits per heavy atom. The third-order valence-corrected chi connectivity index (χ3v) is 3.87. The maximum Gasteiger partial charge on any atom is 0.313 e. The van der Waals surface area contributed by atoms with Gasteiger partial charge in [0, 0.05) is 5.56 Å². The highest BCUT2D eigenvalue weighted by atomic mass is 32.2. The number of aliphatic hydroxyl groups excluding tert-OH is 1. The number of aliphatic hydroxyl groups is 1. The molecule has 1 atom stereocenters. The smallest absolute Gasteiger partial charge is 0.313 e. The van der Waals surface area contributed by atoms with E-state index in [1.54, 1.807) is 29.7 Å². The number of aromatic nitrogens is 3. The highest BCUT2D eigenvalue weighted by Gasteiger charge is 2.21. The van der Waals surface area contributed by atoms with Crippen LogP contribution in [0.5, 0.6) is 0 Å². The monoisotopic (exact) mass is 311 g/mol. The first-order chi connectivity index (χ1) is 10.0. The van der Waals surface area contributed by atoms with Gasteiger partial charge < -0.3 is 10.2 Å². The molecule has 0 aliphatic carbocycles. The first-order valence-electron chi connectivity index (χ1n) is 6.18. The van der Waals surface area contributed by atoms with E-state index in [2.05, 4.69) is 10.2 Å². The van der Waals surface area contributed by atoms with Crippen LogP contribution in [0.1, 0.15) is 24.4 Å². The molecule has 2 rings (SSSR count). The van der Waals surface area contributed by atoms with Gasteiger partial charge >= 0.3 is 5.97 Å². The molecule has 1 heterocycles. The van der Waals surface area contributed by atoms with Crippen LogP contribution in [0.15, 0.2) is 29.4 Å². The van der Waals surface area contributed by atoms with Crippen LogP contribution in [-0.4, -0.2) is 36.7 Å². The molecule has 0 aliphatic rings. The molecule has 0 spiro atoms. The number of hydrogen-bond donors (Lipinski definition) is 2. The number of nitrogens with zero attached hydrogens (tertiary/aromatic N) is 3. The van der Waals surface area contributed by atoms with Crippen molar-refractivity contribution in [3.63, 3.8) is 0 Å². The fourth-order valence-electron chi connectivity index (χ4n) is 1.98. The normalized spacial score (nSPS) is 12.3. The average molecular weight is 311 g/mol. The maximum absolute atomic E-state index is 13.9. The lowest BCUT2D eigenvalue weighted by Crippen LogP contribution is -2.14. The molecule has 1 unspecified atom stereocenters. The van der Waals surface area contributed by atoms with Crippen molar-refractivity contribution < 1.29 is 19.4 Å². The average Bonchev–Trinajstić information content (AvgIpc) is 2.87. The Kier molecular flexibility index (Phi) is 4.92. The summed E-state index contributed by atoms with van der Waals surface area (Å²) in [5.74, 6) is -1.29. The Labute approximate surface area is 124 Å². The number of thioether (sulfide) groups is 1. The van der Waals surface area contributed by atoms with Crippen molar-refractivity contribution in [2.45, 2.75) is 24.7 Å². The van der Waals surface area contributed by atoms with Gasteiger partial charge in [0.05, 0.1) is 11.8 Å². The number of carbonyl (C=O) groups is 1. The quantitative estimate of drug-likeness (QED) is 0.789. The van der Waals surface area contributed by atoms with Crippen LogP contribution in [0, 0.1) is 5.82 Å². The third kappa shape index (κ3) is 3.40. The van der Waals surface area contributed by atoms with E-state index in [9.17, 15) is 14.3 Å². The molecular formula is C13H14FN3O3S. The largest absolute Gasteiger partial charge is 0.481 e. The van der Waals surface area contributed by atoms with Crippen molar-refractivity contribution >= 4 is 17.7 Å². The van der Waals surface area contributed by atoms with E-state index in [0.717, 1.165) is 11.8 Å². The molecule has 0 saturated carbocycles. The Bertz CT molecular complexity index is 647. The summed E-state index contributed by atoms with van der Waals surface area (Å²) in [7, 11) is 0. The summed E-state index contributed by atoms with van der Waals surface area (Å²) in [6.07, 6.45) is 0. The summed E-state index contributed by atoms with van der Waals surface area (Å²) in [5.41, 5.74) is 0.421. The SMILES string of the molecule is CC(c1ccccc1F)n1c(CO)nnc1SCC(=O)O. The van der Waals surface area contributed by atoms with E-state index in [1.165, 1.54) is 6.07 Å². The lowest BCUT2D eigenvalue weighted by molar-refractivity contribution is -0.133. The van der Waals surface area contributed by atoms with Gasteiger partial charge in [-0.3, -0.25) is 9.36 Å². The van der Waals surface area contributed by atoms with Gasteiger partial charge in [-0.05, 0) is 13.0 Å². The number of carboxylic acids is 1. The number of hydrogen-bond acceptors (Lipinski definition) is 5. The highest BCUT2D eigenvalue weighted by molar-refractivity contribution is 7.99. The topological polar surface area (TPSA) is 88.2 Å². The van der Waals surface area contributed by atoms with Gasteiger partial charge in [0.25, 0.3) is 0 Å². The van der Waals surface area contributed by atoms with E-state index in [0.29, 0.717) is 10.7 Å². The molecule has 0 radical (unpaired) electrons. The van der Waals surface area contributed by atoms with E-state index in [-0.39, 0.29) is 24.0 Å². The number of rotatable bonds is 6. The van der Waals surface area contributed by atoms with Gasteiger partial charge in [0.2, 0.25) is 0 Å². The lowest BCUT2D eigenvalue weighted by Gasteiger charge is -2.18. The summed E-state index contributed by atoms with van der Waals surface area (Å²) >= 11 is 0.976. The Morgan fingerprint density at radius 2 is 2.14 bits per heavy atom. The molecule has 0 saturated heterocycles. The minimum Gasteiger partial charge on any atom is -0.481 e. The predicted molar refractivity (Wildman–Crippen MR) is 74.5 cm³/mol. The first kappa shape index (κ1) is 15.5. The molecule has 0 bridgehead atoms. The zero-order valence-corrected chi connectivity index (χ0v) is 12.0. The second-order valence-corrected chi connectivity index (χ2v) is 5.25. The van der Waals surface area contributed by atoms with Crippen molar-refractivity contribution in [3.8, 4) is 0 Å². The summed E-state index contributed by atoms with van der Waals surface area (Å²) in [6, 6.07) is 5.82. The predicted octanol–water partition coefficient (Wildman–Crippen LogP) is 1.70. The molecule has 0 fully saturated rings. The van der Waals surface area contributed by atoms with Crippen molar-refractivity contribution in [3.05, 3.63) is 41.5 Å². The molecular weight excluding hydrogens is 297 g/mol. The number of halogens is 1. The zero-order chi connectivity index (χ0) is 15.4. The van der Waals surface area contributed by atoms with Crippen molar-refractivity contribution in [1.82, 2.24) is 14.8 Å². The first-order valence-corrected chi connectivity index (χ1v) is 7.16. The van der Waals surface area contributed by atoms with Crippen LogP contribution in [0.25, 0.3) is 0 Å². The molecule has 0 aliphatic heterocycles. The summed E-state index contributed by atoms with van der Waals surface area (Å²) in [5, 5.41) is 26.1. The van der Waals surface area contributed by atoms with Crippen LogP contribution in [-0.2, 0) is 11.4 Å². The second-order valence-electron chi connectivity index (χ2n) is 4.31. The van der Waals surface area contributed by atoms with Gasteiger partial charge in [-0.15, -0.1) is 10.2 Å². The van der Waals surface area contributed by atoms with Crippen LogP contribution in [0.2, 0.25) is 0 Å². The van der Waals surface area contributed by atoms with Gasteiger partial charge in [0.1, 0.15) is 12.4 Å². The van der Waals surface area contributed by atoms with Crippen LogP contribution in [0.3, 0.4) is 0 Å². The molecule has 8 heteroatoms. The van der Waals surface area contributed by atoms with Crippen LogP contribution in [0.4, 0.5) is 4.39 Å². The maximum atomic E-state index is 13.9. The molecule has 2 N–H and O–H groups in total. The Balaban J connectivity index is 2.39. The lowest BCUT2D eigenvalue weighted by atomic mass is 10.1. The van der Waals surface area contributed by atoms with Crippen LogP contribution >= 0.6 is 11.8 Å². The van der Waals surface area contributed by atoms with Crippen molar-refractivity contribution in [1.29, 1.82) is 0 Å². The number of benzene rings is 1. The zero-order valence-electron chi connectivity index (χ0n) is 11.2. The van der Waals surface area contributed by atoms with E-state index in [1.807, 2.05) is 0 Å². The van der Waals surface area contributed by atoms with Gasteiger partial charge in [0.15, 0.2) is 11.0 Å². The number of carboxylic acid groups (broad SMARTS) is 1. The van der Waals surface area contributed by atoms with Gasteiger partial charge in [-0.2, -0.15) is 0 Å². The summed E-state index contributed by atoms with van der Waals surface area (Å²) in [4.78, 5) is 10.7. The summed E-state index contributed by atoms with van der Waals surface area (Å²) in [6.45, 7) is 1.38. The van der Waals surface area contributed by atoms with E-state index < -0.39 is 12.0 Å². The standard InChI is InChI=1S/C13H14FN3O3S/c1-8(9-4-2-3-5-10(9)14)17-11(6-18)15-16-13(17)21-7-12(19)20/h2-5,8,18H,6-7H2,1H3,(H,19,20). The van der Waals surface area contributed by atoms with Gasteiger partial charge in [-0.25, -0.2) is 4.39 Å². The molecule has 1 aromatic carbocycles. The molecule has 2 aromatic rings. The molecule has 6 nitrogen and oxygen atoms in total. The molecule has 0 amide bonds. The minimum atomic E-state index is -0.987. The Morgan fingerprint density at radius 1 is 1.43 bits per heavy atom. The number of aliphatic carboxylic acids is 1. The highest BCUT2D eigenvalue weighted by Crippen LogP contribution is 2.27. The fourth-order valence-corrected chi connectivity index (χ4v) is 2.74. The molecule has 112 valence electrons. The van der Waals surface area contributed by atoms with Crippen molar-refractivity contribution in [2.75, 3.05) is 5.75 Å². The second kappa shape index (κ2) is 6.68. The Hall–Kier alpha value is -1.93. The van der Waals surface area contributed by atoms with Crippen LogP contribution < -0.4 is 0 Å². The van der Waals surface area contributed by atoms with E-state index >= 15 is 0 Å². The van der Waals surface area contributed by atoms with Crippen molar-refractivity contribution in [2.24, 2.45) is 0 Å². The molecule has 21 heavy (non-hydrogen) atoms. The van der Waals surface area contributed by atoms with Gasteiger partial charge in [-0.1, -0.05) is 30.0 Å². The fraction of sp³-hybridized carbons (Fsp3) is 0.308.